The summed E-state index contributed by atoms with van der Waals surface area (Å²) >= 11 is 1.21. The van der Waals surface area contributed by atoms with Crippen LogP contribution >= 0.6 is 11.3 Å². The number of carboxylic acid groups (broad SMARTS) is 1. The number of carboxylic acids is 1. The Kier molecular flexibility index (Phi) is 3.09. The average Bonchev–Trinajstić information content (AvgIpc) is 2.59. The first-order valence-electron chi connectivity index (χ1n) is 5.05. The molecule has 1 aromatic rings. The number of anilines is 1. The van der Waals surface area contributed by atoms with Crippen LogP contribution in [0.15, 0.2) is 11.4 Å². The van der Waals surface area contributed by atoms with Gasteiger partial charge in [-0.25, -0.2) is 9.59 Å². The molecule has 0 aromatic carbocycles. The number of aromatic carboxylic acids is 1. The van der Waals surface area contributed by atoms with E-state index in [2.05, 4.69) is 10.6 Å². The topological polar surface area (TPSA) is 78.4 Å². The lowest BCUT2D eigenvalue weighted by Crippen LogP contribution is -2.41. The minimum Gasteiger partial charge on any atom is -0.478 e. The molecule has 1 fully saturated rings. The predicted octanol–water partition coefficient (Wildman–Crippen LogP) is 2.12. The van der Waals surface area contributed by atoms with Gasteiger partial charge in [0, 0.05) is 6.04 Å². The fourth-order valence-corrected chi connectivity index (χ4v) is 2.23. The zero-order valence-corrected chi connectivity index (χ0v) is 9.34. The number of thiophene rings is 1. The van der Waals surface area contributed by atoms with Crippen molar-refractivity contribution in [3.05, 3.63) is 17.0 Å². The van der Waals surface area contributed by atoms with Crippen LogP contribution in [0.25, 0.3) is 0 Å². The normalized spacial score (nSPS) is 15.2. The molecule has 86 valence electrons. The van der Waals surface area contributed by atoms with Gasteiger partial charge in [0.15, 0.2) is 0 Å². The largest absolute Gasteiger partial charge is 0.478 e. The highest BCUT2D eigenvalue weighted by Gasteiger charge is 2.20. The lowest BCUT2D eigenvalue weighted by molar-refractivity contribution is 0.0698. The molecule has 0 atom stereocenters. The summed E-state index contributed by atoms with van der Waals surface area (Å²) in [5.74, 6) is -1.03. The minimum atomic E-state index is -1.03. The summed E-state index contributed by atoms with van der Waals surface area (Å²) in [6.07, 6.45) is 3.15. The van der Waals surface area contributed by atoms with E-state index < -0.39 is 5.97 Å². The summed E-state index contributed by atoms with van der Waals surface area (Å²) in [4.78, 5) is 22.3. The van der Waals surface area contributed by atoms with E-state index in [9.17, 15) is 9.59 Å². The molecule has 5 nitrogen and oxygen atoms in total. The van der Waals surface area contributed by atoms with E-state index in [0.29, 0.717) is 5.00 Å². The number of carbonyl (C=O) groups is 2. The third-order valence-electron chi connectivity index (χ3n) is 2.56. The zero-order chi connectivity index (χ0) is 11.5. The Morgan fingerprint density at radius 2 is 2.19 bits per heavy atom. The lowest BCUT2D eigenvalue weighted by atomic mass is 9.93. The number of hydrogen-bond acceptors (Lipinski definition) is 3. The maximum atomic E-state index is 11.5. The first-order valence-corrected chi connectivity index (χ1v) is 5.93. The third kappa shape index (κ3) is 2.33. The van der Waals surface area contributed by atoms with Gasteiger partial charge < -0.3 is 10.4 Å². The van der Waals surface area contributed by atoms with Gasteiger partial charge in [-0.05, 0) is 30.7 Å². The molecule has 2 rings (SSSR count). The lowest BCUT2D eigenvalue weighted by Gasteiger charge is -2.26. The van der Waals surface area contributed by atoms with Gasteiger partial charge in [-0.15, -0.1) is 11.3 Å². The molecule has 1 heterocycles. The van der Waals surface area contributed by atoms with Gasteiger partial charge in [0.1, 0.15) is 5.00 Å². The van der Waals surface area contributed by atoms with Gasteiger partial charge in [0.2, 0.25) is 0 Å². The third-order valence-corrected chi connectivity index (χ3v) is 3.39. The van der Waals surface area contributed by atoms with E-state index in [0.717, 1.165) is 19.3 Å². The molecule has 2 amide bonds. The van der Waals surface area contributed by atoms with Crippen molar-refractivity contribution in [1.29, 1.82) is 0 Å². The minimum absolute atomic E-state index is 0.133. The molecule has 0 radical (unpaired) electrons. The van der Waals surface area contributed by atoms with E-state index in [1.54, 1.807) is 5.38 Å². The number of nitrogens with one attached hydrogen (secondary N) is 2. The summed E-state index contributed by atoms with van der Waals surface area (Å²) in [5, 5.41) is 16.2. The fraction of sp³-hybridized carbons (Fsp3) is 0.400. The van der Waals surface area contributed by atoms with Crippen LogP contribution in [-0.4, -0.2) is 23.1 Å². The van der Waals surface area contributed by atoms with Crippen LogP contribution in [-0.2, 0) is 0 Å². The number of rotatable bonds is 3. The fourth-order valence-electron chi connectivity index (χ4n) is 1.45. The molecule has 16 heavy (non-hydrogen) atoms. The zero-order valence-electron chi connectivity index (χ0n) is 8.53. The van der Waals surface area contributed by atoms with Crippen LogP contribution in [0.4, 0.5) is 9.80 Å². The van der Waals surface area contributed by atoms with Crippen molar-refractivity contribution in [1.82, 2.24) is 5.32 Å². The smallest absolute Gasteiger partial charge is 0.338 e. The highest BCUT2D eigenvalue weighted by Crippen LogP contribution is 2.23. The van der Waals surface area contributed by atoms with E-state index in [1.807, 2.05) is 0 Å². The molecule has 1 aromatic heterocycles. The van der Waals surface area contributed by atoms with Gasteiger partial charge in [-0.2, -0.15) is 0 Å². The van der Waals surface area contributed by atoms with Crippen LogP contribution < -0.4 is 10.6 Å². The molecule has 3 N–H and O–H groups in total. The molecular weight excluding hydrogens is 228 g/mol. The Balaban J connectivity index is 1.94. The molecule has 0 unspecified atom stereocenters. The second-order valence-corrected chi connectivity index (χ2v) is 4.61. The molecule has 0 bridgehead atoms. The van der Waals surface area contributed by atoms with Gasteiger partial charge in [-0.1, -0.05) is 0 Å². The Bertz CT molecular complexity index is 412. The van der Waals surface area contributed by atoms with Crippen molar-refractivity contribution in [2.24, 2.45) is 0 Å². The second kappa shape index (κ2) is 4.52. The maximum Gasteiger partial charge on any atom is 0.338 e. The SMILES string of the molecule is O=C(Nc1sccc1C(=O)O)NC1CCC1. The van der Waals surface area contributed by atoms with Crippen molar-refractivity contribution < 1.29 is 14.7 Å². The molecule has 1 saturated carbocycles. The van der Waals surface area contributed by atoms with Crippen molar-refractivity contribution in [3.63, 3.8) is 0 Å². The van der Waals surface area contributed by atoms with Gasteiger partial charge in [0.05, 0.1) is 5.56 Å². The first kappa shape index (κ1) is 10.9. The van der Waals surface area contributed by atoms with E-state index in [4.69, 9.17) is 5.11 Å². The summed E-state index contributed by atoms with van der Waals surface area (Å²) in [6, 6.07) is 1.40. The van der Waals surface area contributed by atoms with Crippen LogP contribution in [0.3, 0.4) is 0 Å². The summed E-state index contributed by atoms with van der Waals surface area (Å²) < 4.78 is 0. The van der Waals surface area contributed by atoms with Crippen molar-refractivity contribution in [2.45, 2.75) is 25.3 Å². The number of hydrogen-bond donors (Lipinski definition) is 3. The summed E-state index contributed by atoms with van der Waals surface area (Å²) in [7, 11) is 0. The second-order valence-electron chi connectivity index (χ2n) is 3.69. The van der Waals surface area contributed by atoms with Crippen molar-refractivity contribution in [2.75, 3.05) is 5.32 Å². The average molecular weight is 240 g/mol. The number of carbonyl (C=O) groups excluding carboxylic acids is 1. The Hall–Kier alpha value is -1.56. The molecule has 6 heteroatoms. The van der Waals surface area contributed by atoms with Crippen molar-refractivity contribution >= 4 is 28.3 Å². The monoisotopic (exact) mass is 240 g/mol. The van der Waals surface area contributed by atoms with Crippen LogP contribution in [0.2, 0.25) is 0 Å². The van der Waals surface area contributed by atoms with Gasteiger partial charge in [-0.3, -0.25) is 5.32 Å². The first-order chi connectivity index (χ1) is 7.66. The van der Waals surface area contributed by atoms with E-state index in [-0.39, 0.29) is 17.6 Å². The summed E-state index contributed by atoms with van der Waals surface area (Å²) in [5.41, 5.74) is 0.133. The highest BCUT2D eigenvalue weighted by molar-refractivity contribution is 7.14. The quantitative estimate of drug-likeness (QED) is 0.757. The van der Waals surface area contributed by atoms with Crippen LogP contribution in [0.1, 0.15) is 29.6 Å². The van der Waals surface area contributed by atoms with Gasteiger partial charge in [0.25, 0.3) is 0 Å². The van der Waals surface area contributed by atoms with E-state index in [1.165, 1.54) is 17.4 Å². The Morgan fingerprint density at radius 1 is 1.44 bits per heavy atom. The molecule has 0 saturated heterocycles. The molecule has 0 aliphatic heterocycles. The predicted molar refractivity (Wildman–Crippen MR) is 61.1 cm³/mol. The van der Waals surface area contributed by atoms with E-state index >= 15 is 0 Å². The van der Waals surface area contributed by atoms with Crippen LogP contribution in [0.5, 0.6) is 0 Å². The Morgan fingerprint density at radius 3 is 2.75 bits per heavy atom. The molecular formula is C10H12N2O3S. The molecule has 1 aliphatic rings. The summed E-state index contributed by atoms with van der Waals surface area (Å²) in [6.45, 7) is 0. The number of urea groups is 1. The molecule has 1 aliphatic carbocycles. The number of amides is 2. The van der Waals surface area contributed by atoms with Crippen LogP contribution in [0, 0.1) is 0 Å². The standard InChI is InChI=1S/C10H12N2O3S/c13-9(14)7-4-5-16-8(7)12-10(15)11-6-2-1-3-6/h4-6H,1-3H2,(H,13,14)(H2,11,12,15). The molecule has 0 spiro atoms. The van der Waals surface area contributed by atoms with Gasteiger partial charge >= 0.3 is 12.0 Å². The maximum absolute atomic E-state index is 11.5. The highest BCUT2D eigenvalue weighted by atomic mass is 32.1. The van der Waals surface area contributed by atoms with Crippen molar-refractivity contribution in [3.8, 4) is 0 Å². The Labute approximate surface area is 96.5 Å².